The van der Waals surface area contributed by atoms with Crippen LogP contribution in [0.5, 0.6) is 0 Å². The third-order valence-electron chi connectivity index (χ3n) is 2.20. The predicted molar refractivity (Wildman–Crippen MR) is 50.9 cm³/mol. The molecule has 1 aliphatic heterocycles. The molecule has 0 saturated carbocycles. The minimum atomic E-state index is -5.51. The fourth-order valence-corrected chi connectivity index (χ4v) is 1.77. The van der Waals surface area contributed by atoms with Crippen LogP contribution in [0.1, 0.15) is 13.3 Å². The molecule has 94 valence electrons. The van der Waals surface area contributed by atoms with Crippen LogP contribution >= 0.6 is 0 Å². The van der Waals surface area contributed by atoms with E-state index in [0.29, 0.717) is 13.1 Å². The van der Waals surface area contributed by atoms with Crippen molar-refractivity contribution in [1.82, 2.24) is 4.90 Å². The largest absolute Gasteiger partial charge is 0.534 e. The molecule has 4 nitrogen and oxygen atoms in total. The molecule has 8 heteroatoms. The van der Waals surface area contributed by atoms with Gasteiger partial charge in [-0.15, -0.1) is 0 Å². The fraction of sp³-hybridized carbons (Fsp3) is 0.750. The van der Waals surface area contributed by atoms with Gasteiger partial charge in [-0.1, -0.05) is 6.92 Å². The van der Waals surface area contributed by atoms with E-state index in [1.54, 1.807) is 0 Å². The summed E-state index contributed by atoms with van der Waals surface area (Å²) in [4.78, 5) is 1.95. The summed E-state index contributed by atoms with van der Waals surface area (Å²) in [6.45, 7) is 3.57. The van der Waals surface area contributed by atoms with Crippen LogP contribution in [0, 0.1) is 0 Å². The quantitative estimate of drug-likeness (QED) is 0.568. The molecule has 0 unspecified atom stereocenters. The average Bonchev–Trinajstić information content (AvgIpc) is 2.16. The van der Waals surface area contributed by atoms with E-state index in [2.05, 4.69) is 4.18 Å². The maximum absolute atomic E-state index is 12.0. The smallest absolute Gasteiger partial charge is 0.381 e. The lowest BCUT2D eigenvalue weighted by Gasteiger charge is -2.24. The standard InChI is InChI=1S/C8H12F3NO3S/c1-2-12-5-3-7(4-6-12)15-16(13,14)8(9,10)11/h3H,2,4-6H2,1H3. The van der Waals surface area contributed by atoms with Crippen LogP contribution in [0.3, 0.4) is 0 Å². The van der Waals surface area contributed by atoms with E-state index in [1.807, 2.05) is 11.8 Å². The second-order valence-electron chi connectivity index (χ2n) is 3.30. The van der Waals surface area contributed by atoms with E-state index < -0.39 is 15.6 Å². The van der Waals surface area contributed by atoms with Crippen LogP contribution in [0.15, 0.2) is 11.8 Å². The molecule has 0 atom stereocenters. The van der Waals surface area contributed by atoms with Crippen molar-refractivity contribution >= 4 is 10.1 Å². The third kappa shape index (κ3) is 3.11. The average molecular weight is 259 g/mol. The van der Waals surface area contributed by atoms with Gasteiger partial charge in [0.05, 0.1) is 0 Å². The fourth-order valence-electron chi connectivity index (χ4n) is 1.24. The van der Waals surface area contributed by atoms with Gasteiger partial charge < -0.3 is 4.18 Å². The number of likely N-dealkylation sites (N-methyl/N-ethyl adjacent to an activating group) is 1. The molecule has 0 aromatic carbocycles. The van der Waals surface area contributed by atoms with Gasteiger partial charge in [-0.05, 0) is 12.6 Å². The summed E-state index contributed by atoms with van der Waals surface area (Å²) in [5.41, 5.74) is -5.37. The van der Waals surface area contributed by atoms with Crippen molar-refractivity contribution < 1.29 is 25.8 Å². The Morgan fingerprint density at radius 1 is 1.50 bits per heavy atom. The maximum Gasteiger partial charge on any atom is 0.534 e. The highest BCUT2D eigenvalue weighted by molar-refractivity contribution is 7.87. The van der Waals surface area contributed by atoms with Crippen molar-refractivity contribution in [2.24, 2.45) is 0 Å². The molecule has 0 N–H and O–H groups in total. The Morgan fingerprint density at radius 2 is 2.12 bits per heavy atom. The molecule has 0 amide bonds. The molecule has 0 saturated heterocycles. The van der Waals surface area contributed by atoms with Gasteiger partial charge in [0.2, 0.25) is 0 Å². The van der Waals surface area contributed by atoms with E-state index in [1.165, 1.54) is 6.08 Å². The zero-order valence-corrected chi connectivity index (χ0v) is 9.44. The minimum absolute atomic E-state index is 0.137. The maximum atomic E-state index is 12.0. The lowest BCUT2D eigenvalue weighted by atomic mass is 10.2. The number of hydrogen-bond acceptors (Lipinski definition) is 4. The Kier molecular flexibility index (Phi) is 3.84. The first-order valence-electron chi connectivity index (χ1n) is 4.68. The summed E-state index contributed by atoms with van der Waals surface area (Å²) >= 11 is 0. The normalized spacial score (nSPS) is 19.4. The summed E-state index contributed by atoms with van der Waals surface area (Å²) in [5.74, 6) is -0.137. The number of rotatable bonds is 3. The minimum Gasteiger partial charge on any atom is -0.381 e. The highest BCUT2D eigenvalue weighted by Gasteiger charge is 2.48. The molecule has 0 aromatic rings. The summed E-state index contributed by atoms with van der Waals surface area (Å²) in [6.07, 6.45) is 1.53. The molecule has 16 heavy (non-hydrogen) atoms. The predicted octanol–water partition coefficient (Wildman–Crippen LogP) is 1.46. The van der Waals surface area contributed by atoms with E-state index in [9.17, 15) is 21.6 Å². The second kappa shape index (κ2) is 4.62. The topological polar surface area (TPSA) is 46.6 Å². The molecule has 1 rings (SSSR count). The highest BCUT2D eigenvalue weighted by Crippen LogP contribution is 2.28. The number of nitrogens with zero attached hydrogens (tertiary/aromatic N) is 1. The summed E-state index contributed by atoms with van der Waals surface area (Å²) in [7, 11) is -5.51. The van der Waals surface area contributed by atoms with Crippen molar-refractivity contribution in [1.29, 1.82) is 0 Å². The number of alkyl halides is 3. The molecule has 0 spiro atoms. The molecule has 1 aliphatic rings. The van der Waals surface area contributed by atoms with Gasteiger partial charge >= 0.3 is 15.6 Å². The lowest BCUT2D eigenvalue weighted by Crippen LogP contribution is -2.31. The van der Waals surface area contributed by atoms with Gasteiger partial charge in [0.15, 0.2) is 0 Å². The van der Waals surface area contributed by atoms with Crippen LogP contribution in [-0.4, -0.2) is 38.5 Å². The van der Waals surface area contributed by atoms with Crippen molar-refractivity contribution in [3.05, 3.63) is 11.8 Å². The SMILES string of the molecule is CCN1CC=C(OS(=O)(=O)C(F)(F)F)CC1. The second-order valence-corrected chi connectivity index (χ2v) is 4.83. The molecular weight excluding hydrogens is 247 g/mol. The Bertz CT molecular complexity index is 374. The molecular formula is C8H12F3NO3S. The molecule has 0 radical (unpaired) electrons. The van der Waals surface area contributed by atoms with Crippen LogP contribution in [0.2, 0.25) is 0 Å². The van der Waals surface area contributed by atoms with E-state index in [-0.39, 0.29) is 12.2 Å². The van der Waals surface area contributed by atoms with Gasteiger partial charge in [-0.25, -0.2) is 0 Å². The lowest BCUT2D eigenvalue weighted by molar-refractivity contribution is -0.0525. The Morgan fingerprint density at radius 3 is 2.50 bits per heavy atom. The van der Waals surface area contributed by atoms with Crippen molar-refractivity contribution in [2.75, 3.05) is 19.6 Å². The monoisotopic (exact) mass is 259 g/mol. The van der Waals surface area contributed by atoms with Crippen LogP contribution in [-0.2, 0) is 14.3 Å². The van der Waals surface area contributed by atoms with Gasteiger partial charge in [0, 0.05) is 19.5 Å². The molecule has 0 fully saturated rings. The van der Waals surface area contributed by atoms with Gasteiger partial charge in [0.1, 0.15) is 5.76 Å². The number of hydrogen-bond donors (Lipinski definition) is 0. The Labute approximate surface area is 91.8 Å². The number of halogens is 3. The van der Waals surface area contributed by atoms with Gasteiger partial charge in [-0.3, -0.25) is 4.90 Å². The van der Waals surface area contributed by atoms with Crippen molar-refractivity contribution in [3.8, 4) is 0 Å². The first kappa shape index (κ1) is 13.3. The third-order valence-corrected chi connectivity index (χ3v) is 3.20. The molecule has 0 aromatic heterocycles. The zero-order chi connectivity index (χ0) is 12.4. The Balaban J connectivity index is 2.67. The first-order chi connectivity index (χ1) is 7.26. The van der Waals surface area contributed by atoms with Crippen molar-refractivity contribution in [2.45, 2.75) is 18.9 Å². The Hall–Kier alpha value is -0.760. The van der Waals surface area contributed by atoms with Crippen LogP contribution in [0.25, 0.3) is 0 Å². The van der Waals surface area contributed by atoms with Crippen LogP contribution in [0.4, 0.5) is 13.2 Å². The summed E-state index contributed by atoms with van der Waals surface area (Å²) < 4.78 is 61.3. The summed E-state index contributed by atoms with van der Waals surface area (Å²) in [6, 6.07) is 0. The molecule has 0 bridgehead atoms. The molecule has 1 heterocycles. The van der Waals surface area contributed by atoms with Crippen LogP contribution < -0.4 is 0 Å². The van der Waals surface area contributed by atoms with Gasteiger partial charge in [-0.2, -0.15) is 21.6 Å². The summed E-state index contributed by atoms with van der Waals surface area (Å²) in [5, 5.41) is 0. The van der Waals surface area contributed by atoms with E-state index >= 15 is 0 Å². The first-order valence-corrected chi connectivity index (χ1v) is 6.09. The highest BCUT2D eigenvalue weighted by atomic mass is 32.2. The molecule has 0 aliphatic carbocycles. The van der Waals surface area contributed by atoms with Gasteiger partial charge in [0.25, 0.3) is 0 Å². The van der Waals surface area contributed by atoms with E-state index in [0.717, 1.165) is 6.54 Å². The van der Waals surface area contributed by atoms with Crippen molar-refractivity contribution in [3.63, 3.8) is 0 Å². The zero-order valence-electron chi connectivity index (χ0n) is 8.62. The van der Waals surface area contributed by atoms with E-state index in [4.69, 9.17) is 0 Å².